The summed E-state index contributed by atoms with van der Waals surface area (Å²) in [6.07, 6.45) is 0.106. The first-order chi connectivity index (χ1) is 12.4. The largest absolute Gasteiger partial charge is 0.312 e. The number of halogens is 1. The molecular weight excluding hydrogens is 331 g/mol. The number of anilines is 2. The molecule has 0 spiro atoms. The molecule has 2 aromatic rings. The van der Waals surface area contributed by atoms with Crippen LogP contribution in [0, 0.1) is 25.6 Å². The highest BCUT2D eigenvalue weighted by atomic mass is 19.1. The summed E-state index contributed by atoms with van der Waals surface area (Å²) in [4.78, 5) is 28.6. The SMILES string of the molecule is CCN(C(=O)C1CC(=O)N(c2ccccc2F)C1)c1ccc(C)cc1C. The Kier molecular flexibility index (Phi) is 5.07. The summed E-state index contributed by atoms with van der Waals surface area (Å²) in [6, 6.07) is 12.1. The first kappa shape index (κ1) is 18.1. The Morgan fingerprint density at radius 3 is 2.62 bits per heavy atom. The fourth-order valence-electron chi connectivity index (χ4n) is 3.55. The molecule has 1 heterocycles. The molecule has 5 heteroatoms. The van der Waals surface area contributed by atoms with E-state index in [0.717, 1.165) is 16.8 Å². The van der Waals surface area contributed by atoms with E-state index in [4.69, 9.17) is 0 Å². The van der Waals surface area contributed by atoms with Crippen molar-refractivity contribution in [1.82, 2.24) is 0 Å². The predicted octanol–water partition coefficient (Wildman–Crippen LogP) is 3.85. The van der Waals surface area contributed by atoms with Gasteiger partial charge in [0, 0.05) is 25.2 Å². The highest BCUT2D eigenvalue weighted by molar-refractivity contribution is 6.04. The third-order valence-corrected chi connectivity index (χ3v) is 4.84. The molecule has 1 aliphatic rings. The van der Waals surface area contributed by atoms with Gasteiger partial charge in [0.05, 0.1) is 11.6 Å². The fraction of sp³-hybridized carbons (Fsp3) is 0.333. The van der Waals surface area contributed by atoms with Gasteiger partial charge in [0.15, 0.2) is 0 Å². The molecule has 2 aromatic carbocycles. The summed E-state index contributed by atoms with van der Waals surface area (Å²) in [6.45, 7) is 6.64. The highest BCUT2D eigenvalue weighted by Crippen LogP contribution is 2.30. The van der Waals surface area contributed by atoms with E-state index in [1.54, 1.807) is 23.1 Å². The number of para-hydroxylation sites is 1. The van der Waals surface area contributed by atoms with E-state index in [1.165, 1.54) is 11.0 Å². The number of amides is 2. The molecule has 3 rings (SSSR count). The van der Waals surface area contributed by atoms with Crippen molar-refractivity contribution >= 4 is 23.2 Å². The first-order valence-corrected chi connectivity index (χ1v) is 8.86. The van der Waals surface area contributed by atoms with Crippen molar-refractivity contribution in [3.63, 3.8) is 0 Å². The lowest BCUT2D eigenvalue weighted by Gasteiger charge is -2.26. The Morgan fingerprint density at radius 1 is 1.23 bits per heavy atom. The standard InChI is InChI=1S/C21H23FN2O2/c1-4-23(18-10-9-14(2)11-15(18)3)21(26)16-12-20(25)24(13-16)19-8-6-5-7-17(19)22/h5-11,16H,4,12-13H2,1-3H3. The van der Waals surface area contributed by atoms with Gasteiger partial charge in [-0.2, -0.15) is 0 Å². The van der Waals surface area contributed by atoms with E-state index in [0.29, 0.717) is 6.54 Å². The average Bonchev–Trinajstić information content (AvgIpc) is 2.99. The Morgan fingerprint density at radius 2 is 1.96 bits per heavy atom. The van der Waals surface area contributed by atoms with E-state index in [-0.39, 0.29) is 30.5 Å². The van der Waals surface area contributed by atoms with Crippen LogP contribution in [0.4, 0.5) is 15.8 Å². The van der Waals surface area contributed by atoms with Crippen LogP contribution in [0.1, 0.15) is 24.5 Å². The number of hydrogen-bond acceptors (Lipinski definition) is 2. The molecule has 0 saturated carbocycles. The van der Waals surface area contributed by atoms with Crippen LogP contribution in [-0.2, 0) is 9.59 Å². The summed E-state index contributed by atoms with van der Waals surface area (Å²) in [5, 5.41) is 0. The normalized spacial score (nSPS) is 16.8. The Balaban J connectivity index is 1.83. The quantitative estimate of drug-likeness (QED) is 0.837. The number of rotatable bonds is 4. The molecule has 1 aliphatic heterocycles. The van der Waals surface area contributed by atoms with Crippen molar-refractivity contribution in [2.45, 2.75) is 27.2 Å². The zero-order valence-electron chi connectivity index (χ0n) is 15.3. The van der Waals surface area contributed by atoms with Gasteiger partial charge >= 0.3 is 0 Å². The second-order valence-corrected chi connectivity index (χ2v) is 6.73. The van der Waals surface area contributed by atoms with Crippen molar-refractivity contribution < 1.29 is 14.0 Å². The van der Waals surface area contributed by atoms with Gasteiger partial charge in [-0.05, 0) is 44.5 Å². The van der Waals surface area contributed by atoms with Gasteiger partial charge in [0.25, 0.3) is 0 Å². The highest BCUT2D eigenvalue weighted by Gasteiger charge is 2.38. The lowest BCUT2D eigenvalue weighted by Crippen LogP contribution is -2.38. The summed E-state index contributed by atoms with van der Waals surface area (Å²) >= 11 is 0. The van der Waals surface area contributed by atoms with Gasteiger partial charge in [0.1, 0.15) is 5.82 Å². The maximum Gasteiger partial charge on any atom is 0.232 e. The van der Waals surface area contributed by atoms with Crippen LogP contribution in [0.2, 0.25) is 0 Å². The molecule has 0 bridgehead atoms. The van der Waals surface area contributed by atoms with Crippen LogP contribution in [-0.4, -0.2) is 24.9 Å². The number of aryl methyl sites for hydroxylation is 2. The van der Waals surface area contributed by atoms with Gasteiger partial charge in [-0.1, -0.05) is 29.8 Å². The zero-order chi connectivity index (χ0) is 18.8. The lowest BCUT2D eigenvalue weighted by atomic mass is 10.0. The zero-order valence-corrected chi connectivity index (χ0v) is 15.3. The predicted molar refractivity (Wildman–Crippen MR) is 101 cm³/mol. The van der Waals surface area contributed by atoms with Crippen LogP contribution in [0.3, 0.4) is 0 Å². The van der Waals surface area contributed by atoms with Gasteiger partial charge < -0.3 is 9.80 Å². The topological polar surface area (TPSA) is 40.6 Å². The van der Waals surface area contributed by atoms with Gasteiger partial charge in [0.2, 0.25) is 11.8 Å². The molecule has 1 fully saturated rings. The molecule has 0 radical (unpaired) electrons. The van der Waals surface area contributed by atoms with Crippen molar-refractivity contribution in [3.05, 3.63) is 59.4 Å². The van der Waals surface area contributed by atoms with Gasteiger partial charge in [-0.15, -0.1) is 0 Å². The maximum atomic E-state index is 14.0. The maximum absolute atomic E-state index is 14.0. The second kappa shape index (κ2) is 7.28. The van der Waals surface area contributed by atoms with E-state index < -0.39 is 11.7 Å². The number of benzene rings is 2. The van der Waals surface area contributed by atoms with Crippen molar-refractivity contribution in [3.8, 4) is 0 Å². The van der Waals surface area contributed by atoms with Gasteiger partial charge in [-0.3, -0.25) is 9.59 Å². The molecular formula is C21H23FN2O2. The summed E-state index contributed by atoms with van der Waals surface area (Å²) in [5.74, 6) is -1.23. The molecule has 136 valence electrons. The monoisotopic (exact) mass is 354 g/mol. The molecule has 0 N–H and O–H groups in total. The van der Waals surface area contributed by atoms with E-state index in [9.17, 15) is 14.0 Å². The third kappa shape index (κ3) is 3.34. The smallest absolute Gasteiger partial charge is 0.232 e. The molecule has 0 aliphatic carbocycles. The van der Waals surface area contributed by atoms with Crippen LogP contribution < -0.4 is 9.80 Å². The van der Waals surface area contributed by atoms with Crippen molar-refractivity contribution in [2.75, 3.05) is 22.9 Å². The first-order valence-electron chi connectivity index (χ1n) is 8.86. The number of nitrogens with zero attached hydrogens (tertiary/aromatic N) is 2. The minimum Gasteiger partial charge on any atom is -0.312 e. The van der Waals surface area contributed by atoms with Crippen LogP contribution in [0.15, 0.2) is 42.5 Å². The second-order valence-electron chi connectivity index (χ2n) is 6.73. The van der Waals surface area contributed by atoms with E-state index in [2.05, 4.69) is 0 Å². The van der Waals surface area contributed by atoms with Crippen LogP contribution in [0.25, 0.3) is 0 Å². The molecule has 1 saturated heterocycles. The molecule has 1 atom stereocenters. The van der Waals surface area contributed by atoms with Crippen LogP contribution >= 0.6 is 0 Å². The lowest BCUT2D eigenvalue weighted by molar-refractivity contribution is -0.124. The minimum atomic E-state index is -0.470. The fourth-order valence-corrected chi connectivity index (χ4v) is 3.55. The average molecular weight is 354 g/mol. The summed E-state index contributed by atoms with van der Waals surface area (Å²) < 4.78 is 14.0. The Labute approximate surface area is 153 Å². The Bertz CT molecular complexity index is 850. The number of carbonyl (C=O) groups is 2. The third-order valence-electron chi connectivity index (χ3n) is 4.84. The van der Waals surface area contributed by atoms with Crippen molar-refractivity contribution in [2.24, 2.45) is 5.92 Å². The molecule has 26 heavy (non-hydrogen) atoms. The summed E-state index contributed by atoms with van der Waals surface area (Å²) in [5.41, 5.74) is 3.26. The molecule has 1 unspecified atom stereocenters. The van der Waals surface area contributed by atoms with E-state index >= 15 is 0 Å². The Hall–Kier alpha value is -2.69. The van der Waals surface area contributed by atoms with Crippen LogP contribution in [0.5, 0.6) is 0 Å². The van der Waals surface area contributed by atoms with Crippen molar-refractivity contribution in [1.29, 1.82) is 0 Å². The summed E-state index contributed by atoms with van der Waals surface area (Å²) in [7, 11) is 0. The van der Waals surface area contributed by atoms with Gasteiger partial charge in [-0.25, -0.2) is 4.39 Å². The minimum absolute atomic E-state index is 0.0911. The number of hydrogen-bond donors (Lipinski definition) is 0. The number of carbonyl (C=O) groups excluding carboxylic acids is 2. The molecule has 2 amide bonds. The molecule has 0 aromatic heterocycles. The molecule has 4 nitrogen and oxygen atoms in total. The van der Waals surface area contributed by atoms with E-state index in [1.807, 2.05) is 39.0 Å².